The molecule has 4 N–H and O–H groups in total. The molecule has 0 radical (unpaired) electrons. The molecular weight excluding hydrogens is 313 g/mol. The summed E-state index contributed by atoms with van der Waals surface area (Å²) in [5.74, 6) is -0.767. The Bertz CT molecular complexity index is 533. The second kappa shape index (κ2) is 7.64. The van der Waals surface area contributed by atoms with E-state index in [9.17, 15) is 9.59 Å². The fourth-order valence-electron chi connectivity index (χ4n) is 1.78. The summed E-state index contributed by atoms with van der Waals surface area (Å²) in [4.78, 5) is 23.7. The van der Waals surface area contributed by atoms with Crippen LogP contribution in [0.4, 0.5) is 5.69 Å². The van der Waals surface area contributed by atoms with Crippen molar-refractivity contribution in [2.45, 2.75) is 32.2 Å². The summed E-state index contributed by atoms with van der Waals surface area (Å²) in [5.41, 5.74) is 5.28. The first-order valence-corrected chi connectivity index (χ1v) is 7.34. The lowest BCUT2D eigenvalue weighted by molar-refractivity contribution is -0.128. The predicted octanol–water partition coefficient (Wildman–Crippen LogP) is 2.57. The molecule has 2 amide bonds. The van der Waals surface area contributed by atoms with Crippen molar-refractivity contribution in [1.29, 1.82) is 0 Å². The van der Waals surface area contributed by atoms with Crippen molar-refractivity contribution in [1.82, 2.24) is 5.32 Å². The Labute approximate surface area is 134 Å². The summed E-state index contributed by atoms with van der Waals surface area (Å²) in [5, 5.41) is 5.91. The van der Waals surface area contributed by atoms with Crippen LogP contribution in [0.2, 0.25) is 10.0 Å². The maximum Gasteiger partial charge on any atom is 0.243 e. The van der Waals surface area contributed by atoms with Crippen molar-refractivity contribution in [2.24, 2.45) is 5.73 Å². The van der Waals surface area contributed by atoms with E-state index in [0.717, 1.165) is 6.42 Å². The molecule has 0 bridgehead atoms. The van der Waals surface area contributed by atoms with Crippen molar-refractivity contribution in [3.05, 3.63) is 28.2 Å². The molecule has 1 aromatic rings. The van der Waals surface area contributed by atoms with Crippen molar-refractivity contribution in [2.75, 3.05) is 11.9 Å². The third-order valence-corrected chi connectivity index (χ3v) is 3.46. The van der Waals surface area contributed by atoms with Crippen LogP contribution in [0.15, 0.2) is 18.2 Å². The lowest BCUT2D eigenvalue weighted by Crippen LogP contribution is -2.52. The molecule has 1 aromatic carbocycles. The Hall–Kier alpha value is -1.30. The van der Waals surface area contributed by atoms with Gasteiger partial charge in [-0.05, 0) is 31.5 Å². The average Bonchev–Trinajstić information content (AvgIpc) is 2.40. The number of rotatable bonds is 6. The highest BCUT2D eigenvalue weighted by Gasteiger charge is 2.27. The maximum absolute atomic E-state index is 11.9. The molecule has 0 spiro atoms. The average molecular weight is 332 g/mol. The second-order valence-corrected chi connectivity index (χ2v) is 5.87. The van der Waals surface area contributed by atoms with Crippen LogP contribution in [0.5, 0.6) is 0 Å². The molecule has 21 heavy (non-hydrogen) atoms. The van der Waals surface area contributed by atoms with Gasteiger partial charge in [0.15, 0.2) is 0 Å². The van der Waals surface area contributed by atoms with Crippen molar-refractivity contribution < 1.29 is 9.59 Å². The fraction of sp³-hybridized carbons (Fsp3) is 0.429. The summed E-state index contributed by atoms with van der Waals surface area (Å²) in [7, 11) is 0. The molecule has 0 saturated carbocycles. The van der Waals surface area contributed by atoms with E-state index >= 15 is 0 Å². The number of amides is 2. The standard InChI is InChI=1S/C14H19Cl2N3O2/c1-3-6-14(2,17)13(21)18-8-12(20)19-11-7-9(15)4-5-10(11)16/h4-5,7H,3,6,8,17H2,1-2H3,(H,18,21)(H,19,20). The fourth-order valence-corrected chi connectivity index (χ4v) is 2.12. The summed E-state index contributed by atoms with van der Waals surface area (Å²) in [6.45, 7) is 3.39. The first-order valence-electron chi connectivity index (χ1n) is 6.58. The zero-order valence-electron chi connectivity index (χ0n) is 12.0. The van der Waals surface area contributed by atoms with Crippen LogP contribution in [0.1, 0.15) is 26.7 Å². The van der Waals surface area contributed by atoms with E-state index in [1.165, 1.54) is 6.07 Å². The van der Waals surface area contributed by atoms with Crippen LogP contribution < -0.4 is 16.4 Å². The summed E-state index contributed by atoms with van der Waals surface area (Å²) < 4.78 is 0. The lowest BCUT2D eigenvalue weighted by Gasteiger charge is -2.22. The maximum atomic E-state index is 11.9. The van der Waals surface area contributed by atoms with Crippen LogP contribution in [-0.2, 0) is 9.59 Å². The number of nitrogens with two attached hydrogens (primary N) is 1. The Morgan fingerprint density at radius 3 is 2.62 bits per heavy atom. The van der Waals surface area contributed by atoms with Gasteiger partial charge in [0, 0.05) is 5.02 Å². The molecule has 5 nitrogen and oxygen atoms in total. The molecule has 0 aliphatic heterocycles. The topological polar surface area (TPSA) is 84.2 Å². The lowest BCUT2D eigenvalue weighted by atomic mass is 9.96. The first kappa shape index (κ1) is 17.8. The third kappa shape index (κ3) is 5.53. The van der Waals surface area contributed by atoms with E-state index in [4.69, 9.17) is 28.9 Å². The van der Waals surface area contributed by atoms with Crippen LogP contribution in [-0.4, -0.2) is 23.9 Å². The Morgan fingerprint density at radius 2 is 2.00 bits per heavy atom. The minimum Gasteiger partial charge on any atom is -0.345 e. The molecule has 7 heteroatoms. The quantitative estimate of drug-likeness (QED) is 0.748. The number of carbonyl (C=O) groups excluding carboxylic acids is 2. The van der Waals surface area contributed by atoms with Crippen molar-refractivity contribution >= 4 is 40.7 Å². The Balaban J connectivity index is 2.55. The van der Waals surface area contributed by atoms with E-state index in [1.54, 1.807) is 19.1 Å². The normalized spacial score (nSPS) is 13.4. The highest BCUT2D eigenvalue weighted by molar-refractivity contribution is 6.35. The minimum absolute atomic E-state index is 0.182. The third-order valence-electron chi connectivity index (χ3n) is 2.90. The van der Waals surface area contributed by atoms with Gasteiger partial charge in [0.25, 0.3) is 0 Å². The van der Waals surface area contributed by atoms with Crippen LogP contribution in [0.25, 0.3) is 0 Å². The Morgan fingerprint density at radius 1 is 1.33 bits per heavy atom. The van der Waals surface area contributed by atoms with Gasteiger partial charge in [0.05, 0.1) is 22.8 Å². The van der Waals surface area contributed by atoms with Gasteiger partial charge in [0.1, 0.15) is 0 Å². The van der Waals surface area contributed by atoms with Gasteiger partial charge in [-0.25, -0.2) is 0 Å². The van der Waals surface area contributed by atoms with Crippen molar-refractivity contribution in [3.8, 4) is 0 Å². The number of nitrogens with one attached hydrogen (secondary N) is 2. The first-order chi connectivity index (χ1) is 9.76. The van der Waals surface area contributed by atoms with E-state index in [0.29, 0.717) is 22.2 Å². The van der Waals surface area contributed by atoms with Gasteiger partial charge in [0.2, 0.25) is 11.8 Å². The SMILES string of the molecule is CCCC(C)(N)C(=O)NCC(=O)Nc1cc(Cl)ccc1Cl. The number of halogens is 2. The zero-order valence-corrected chi connectivity index (χ0v) is 13.5. The smallest absolute Gasteiger partial charge is 0.243 e. The molecule has 0 heterocycles. The molecule has 0 aromatic heterocycles. The van der Waals surface area contributed by atoms with E-state index in [2.05, 4.69) is 10.6 Å². The Kier molecular flexibility index (Phi) is 6.45. The predicted molar refractivity (Wildman–Crippen MR) is 85.6 cm³/mol. The monoisotopic (exact) mass is 331 g/mol. The molecule has 0 saturated heterocycles. The molecule has 1 rings (SSSR count). The van der Waals surface area contributed by atoms with Crippen LogP contribution >= 0.6 is 23.2 Å². The number of hydrogen-bond acceptors (Lipinski definition) is 3. The van der Waals surface area contributed by atoms with Gasteiger partial charge in [-0.2, -0.15) is 0 Å². The molecule has 116 valence electrons. The summed E-state index contributed by atoms with van der Waals surface area (Å²) in [6, 6.07) is 4.73. The van der Waals surface area contributed by atoms with E-state index in [-0.39, 0.29) is 12.5 Å². The van der Waals surface area contributed by atoms with Gasteiger partial charge >= 0.3 is 0 Å². The van der Waals surface area contributed by atoms with Gasteiger partial charge in [-0.1, -0.05) is 36.5 Å². The molecular formula is C14H19Cl2N3O2. The van der Waals surface area contributed by atoms with E-state index < -0.39 is 11.4 Å². The minimum atomic E-state index is -0.983. The van der Waals surface area contributed by atoms with Crippen LogP contribution in [0, 0.1) is 0 Å². The van der Waals surface area contributed by atoms with E-state index in [1.807, 2.05) is 6.92 Å². The van der Waals surface area contributed by atoms with Crippen LogP contribution in [0.3, 0.4) is 0 Å². The number of carbonyl (C=O) groups is 2. The largest absolute Gasteiger partial charge is 0.345 e. The number of benzene rings is 1. The summed E-state index contributed by atoms with van der Waals surface area (Å²) >= 11 is 11.8. The van der Waals surface area contributed by atoms with Gasteiger partial charge in [-0.3, -0.25) is 9.59 Å². The van der Waals surface area contributed by atoms with Gasteiger partial charge < -0.3 is 16.4 Å². The molecule has 0 fully saturated rings. The molecule has 1 unspecified atom stereocenters. The molecule has 0 aliphatic rings. The summed E-state index contributed by atoms with van der Waals surface area (Å²) in [6.07, 6.45) is 1.32. The van der Waals surface area contributed by atoms with Gasteiger partial charge in [-0.15, -0.1) is 0 Å². The zero-order chi connectivity index (χ0) is 16.0. The molecule has 0 aliphatic carbocycles. The highest BCUT2D eigenvalue weighted by atomic mass is 35.5. The van der Waals surface area contributed by atoms with Crippen molar-refractivity contribution in [3.63, 3.8) is 0 Å². The number of anilines is 1. The highest BCUT2D eigenvalue weighted by Crippen LogP contribution is 2.25. The second-order valence-electron chi connectivity index (χ2n) is 5.02. The molecule has 1 atom stereocenters. The number of hydrogen-bond donors (Lipinski definition) is 3.